The van der Waals surface area contributed by atoms with Gasteiger partial charge in [0.1, 0.15) is 11.8 Å². The maximum absolute atomic E-state index is 13.2. The first kappa shape index (κ1) is 34.3. The number of carbonyl (C=O) groups excluding carboxylic acids is 5. The van der Waals surface area contributed by atoms with E-state index in [-0.39, 0.29) is 41.6 Å². The number of primary amides is 1. The van der Waals surface area contributed by atoms with Crippen molar-refractivity contribution in [2.75, 3.05) is 11.0 Å². The van der Waals surface area contributed by atoms with E-state index in [0.29, 0.717) is 43.1 Å². The molecule has 0 rings (SSSR count). The van der Waals surface area contributed by atoms with Gasteiger partial charge in [-0.15, -0.1) is 0 Å². The van der Waals surface area contributed by atoms with Gasteiger partial charge in [-0.05, 0) is 37.5 Å². The van der Waals surface area contributed by atoms with E-state index in [1.807, 2.05) is 48.5 Å². The monoisotopic (exact) mass is 622 g/mol. The molecule has 9 nitrogen and oxygen atoms in total. The van der Waals surface area contributed by atoms with E-state index in [1.165, 1.54) is 0 Å². The molecule has 0 aliphatic heterocycles. The van der Waals surface area contributed by atoms with E-state index in [4.69, 9.17) is 5.73 Å². The molecule has 0 aliphatic carbocycles. The fraction of sp³-hybridized carbons (Fsp3) is 0.808. The average Bonchev–Trinajstić information content (AvgIpc) is 2.79. The molecule has 0 saturated heterocycles. The lowest BCUT2D eigenvalue weighted by Crippen LogP contribution is -2.55. The summed E-state index contributed by atoms with van der Waals surface area (Å²) in [5.41, 5.74) is 4.71. The highest BCUT2D eigenvalue weighted by Gasteiger charge is 2.32. The SMILES string of the molecule is CC(C)C(C)C(=O)C(CCCNC(N)=O)NC(=O)C(NC(=O)CCCCC(=O)C(C)(C)C)C(C)CI. The van der Waals surface area contributed by atoms with Gasteiger partial charge in [0.2, 0.25) is 11.8 Å². The molecule has 0 aromatic carbocycles. The zero-order chi connectivity index (χ0) is 28.1. The molecule has 0 spiro atoms. The van der Waals surface area contributed by atoms with Crippen LogP contribution in [0.4, 0.5) is 4.79 Å². The number of nitrogens with one attached hydrogen (secondary N) is 3. The maximum atomic E-state index is 13.2. The van der Waals surface area contributed by atoms with Gasteiger partial charge < -0.3 is 21.7 Å². The van der Waals surface area contributed by atoms with Crippen molar-refractivity contribution in [3.63, 3.8) is 0 Å². The normalized spacial score (nSPS) is 14.9. The van der Waals surface area contributed by atoms with Crippen molar-refractivity contribution in [2.24, 2.45) is 28.9 Å². The minimum atomic E-state index is -0.779. The second kappa shape index (κ2) is 16.9. The first-order chi connectivity index (χ1) is 16.6. The molecule has 0 heterocycles. The first-order valence-electron chi connectivity index (χ1n) is 12.9. The molecule has 36 heavy (non-hydrogen) atoms. The van der Waals surface area contributed by atoms with Crippen molar-refractivity contribution in [1.29, 1.82) is 0 Å². The Kier molecular flexibility index (Phi) is 16.1. The molecular formula is C26H47IN4O5. The molecule has 4 atom stereocenters. The second-order valence-corrected chi connectivity index (χ2v) is 11.9. The number of halogens is 1. The van der Waals surface area contributed by atoms with E-state index >= 15 is 0 Å². The van der Waals surface area contributed by atoms with Gasteiger partial charge >= 0.3 is 6.03 Å². The number of nitrogens with two attached hydrogens (primary N) is 1. The van der Waals surface area contributed by atoms with E-state index in [1.54, 1.807) is 0 Å². The summed E-state index contributed by atoms with van der Waals surface area (Å²) in [5.74, 6) is -0.859. The Morgan fingerprint density at radius 2 is 1.47 bits per heavy atom. The van der Waals surface area contributed by atoms with Gasteiger partial charge in [0.25, 0.3) is 0 Å². The van der Waals surface area contributed by atoms with E-state index in [0.717, 1.165) is 0 Å². The number of amides is 4. The molecule has 0 aromatic heterocycles. The predicted octanol–water partition coefficient (Wildman–Crippen LogP) is 3.51. The molecule has 0 aromatic rings. The van der Waals surface area contributed by atoms with Crippen LogP contribution in [0.2, 0.25) is 0 Å². The molecule has 0 aliphatic rings. The number of hydrogen-bond acceptors (Lipinski definition) is 5. The van der Waals surface area contributed by atoms with Crippen molar-refractivity contribution in [3.05, 3.63) is 0 Å². The Balaban J connectivity index is 5.20. The molecule has 4 unspecified atom stereocenters. The van der Waals surface area contributed by atoms with Crippen LogP contribution < -0.4 is 21.7 Å². The standard InChI is InChI=1S/C26H47IN4O5/c1-16(2)18(4)23(34)19(11-10-14-29-25(28)36)30-24(35)22(17(3)15-27)31-21(33)13-9-8-12-20(32)26(5,6)7/h16-19,22H,8-15H2,1-7H3,(H,30,35)(H,31,33)(H3,28,29,36). The van der Waals surface area contributed by atoms with Crippen molar-refractivity contribution in [2.45, 2.75) is 99.1 Å². The smallest absolute Gasteiger partial charge is 0.312 e. The molecule has 0 saturated carbocycles. The third-order valence-corrected chi connectivity index (χ3v) is 7.77. The predicted molar refractivity (Wildman–Crippen MR) is 151 cm³/mol. The molecule has 0 radical (unpaired) electrons. The van der Waals surface area contributed by atoms with Crippen LogP contribution in [-0.4, -0.2) is 52.5 Å². The van der Waals surface area contributed by atoms with Gasteiger partial charge in [-0.1, -0.05) is 71.1 Å². The maximum Gasteiger partial charge on any atom is 0.312 e. The number of urea groups is 1. The Labute approximate surface area is 230 Å². The largest absolute Gasteiger partial charge is 0.352 e. The summed E-state index contributed by atoms with van der Waals surface area (Å²) >= 11 is 2.17. The lowest BCUT2D eigenvalue weighted by Gasteiger charge is -2.28. The summed E-state index contributed by atoms with van der Waals surface area (Å²) in [7, 11) is 0. The third-order valence-electron chi connectivity index (χ3n) is 6.38. The fourth-order valence-electron chi connectivity index (χ4n) is 3.46. The molecule has 0 fully saturated rings. The van der Waals surface area contributed by atoms with Crippen molar-refractivity contribution in [1.82, 2.24) is 16.0 Å². The zero-order valence-electron chi connectivity index (χ0n) is 23.0. The van der Waals surface area contributed by atoms with Crippen LogP contribution in [0.3, 0.4) is 0 Å². The number of rotatable bonds is 17. The number of hydrogen-bond donors (Lipinski definition) is 4. The number of unbranched alkanes of at least 4 members (excludes halogenated alkanes) is 1. The van der Waals surface area contributed by atoms with E-state index in [9.17, 15) is 24.0 Å². The van der Waals surface area contributed by atoms with Gasteiger partial charge in [-0.2, -0.15) is 0 Å². The van der Waals surface area contributed by atoms with Crippen LogP contribution in [0, 0.1) is 23.2 Å². The fourth-order valence-corrected chi connectivity index (χ4v) is 3.97. The molecule has 5 N–H and O–H groups in total. The van der Waals surface area contributed by atoms with Gasteiger partial charge in [0.05, 0.1) is 6.04 Å². The average molecular weight is 623 g/mol. The van der Waals surface area contributed by atoms with Gasteiger partial charge in [0, 0.05) is 35.1 Å². The summed E-state index contributed by atoms with van der Waals surface area (Å²) in [4.78, 5) is 62.0. The van der Waals surface area contributed by atoms with E-state index < -0.39 is 29.4 Å². The highest BCUT2D eigenvalue weighted by molar-refractivity contribution is 14.1. The lowest BCUT2D eigenvalue weighted by molar-refractivity contribution is -0.134. The first-order valence-corrected chi connectivity index (χ1v) is 14.4. The number of Topliss-reactive ketones (excluding diaryl/α,β-unsaturated/α-hetero) is 2. The molecule has 10 heteroatoms. The van der Waals surface area contributed by atoms with Gasteiger partial charge in [-0.25, -0.2) is 4.79 Å². The zero-order valence-corrected chi connectivity index (χ0v) is 25.2. The Morgan fingerprint density at radius 3 is 1.97 bits per heavy atom. The van der Waals surface area contributed by atoms with Crippen LogP contribution in [0.5, 0.6) is 0 Å². The van der Waals surface area contributed by atoms with Gasteiger partial charge in [0.15, 0.2) is 5.78 Å². The van der Waals surface area contributed by atoms with Crippen molar-refractivity contribution in [3.8, 4) is 0 Å². The molecular weight excluding hydrogens is 575 g/mol. The summed E-state index contributed by atoms with van der Waals surface area (Å²) in [6.07, 6.45) is 2.64. The molecule has 0 bridgehead atoms. The minimum absolute atomic E-state index is 0.0758. The number of carbonyl (C=O) groups is 5. The number of ketones is 2. The summed E-state index contributed by atoms with van der Waals surface area (Å²) in [6.45, 7) is 13.6. The Morgan fingerprint density at radius 1 is 0.889 bits per heavy atom. The third kappa shape index (κ3) is 13.5. The Bertz CT molecular complexity index is 751. The highest BCUT2D eigenvalue weighted by Crippen LogP contribution is 2.19. The van der Waals surface area contributed by atoms with Crippen LogP contribution in [0.15, 0.2) is 0 Å². The van der Waals surface area contributed by atoms with Crippen LogP contribution in [-0.2, 0) is 19.2 Å². The topological polar surface area (TPSA) is 147 Å². The molecule has 4 amide bonds. The highest BCUT2D eigenvalue weighted by atomic mass is 127. The molecule has 208 valence electrons. The Hall–Kier alpha value is -1.72. The van der Waals surface area contributed by atoms with Crippen molar-refractivity contribution >= 4 is 52.0 Å². The number of alkyl halides is 1. The van der Waals surface area contributed by atoms with Crippen molar-refractivity contribution < 1.29 is 24.0 Å². The minimum Gasteiger partial charge on any atom is -0.352 e. The van der Waals surface area contributed by atoms with Gasteiger partial charge in [-0.3, -0.25) is 19.2 Å². The summed E-state index contributed by atoms with van der Waals surface area (Å²) in [5, 5.41) is 8.20. The van der Waals surface area contributed by atoms with Crippen LogP contribution >= 0.6 is 22.6 Å². The van der Waals surface area contributed by atoms with E-state index in [2.05, 4.69) is 38.5 Å². The summed E-state index contributed by atoms with van der Waals surface area (Å²) < 4.78 is 0.639. The van der Waals surface area contributed by atoms with Crippen LogP contribution in [0.25, 0.3) is 0 Å². The quantitative estimate of drug-likeness (QED) is 0.111. The lowest BCUT2D eigenvalue weighted by atomic mass is 9.87. The van der Waals surface area contributed by atoms with Crippen LogP contribution in [0.1, 0.15) is 87.0 Å². The summed E-state index contributed by atoms with van der Waals surface area (Å²) in [6, 6.07) is -2.15. The second-order valence-electron chi connectivity index (χ2n) is 11.0.